The zero-order chi connectivity index (χ0) is 9.70. The minimum atomic E-state index is 0.528. The van der Waals surface area contributed by atoms with Crippen LogP contribution in [-0.2, 0) is 4.74 Å². The molecule has 0 aliphatic rings. The Morgan fingerprint density at radius 3 is 2.62 bits per heavy atom. The Bertz CT molecular complexity index is 46.8. The molecule has 2 heteroatoms. The van der Waals surface area contributed by atoms with Crippen molar-refractivity contribution in [2.45, 2.75) is 27.3 Å². The molecule has 0 aromatic rings. The Hall–Kier alpha value is -0.0800. The molecule has 0 amide bonds. The SMILES string of the molecule is COCNC(C)C.[3H]C.[3H][3H]. The molecule has 2 nitrogen and oxygen atoms in total. The third-order valence-corrected chi connectivity index (χ3v) is 0.636. The molecular formula is C6H19NO. The summed E-state index contributed by atoms with van der Waals surface area (Å²) in [6.07, 6.45) is 0. The second-order valence-electron chi connectivity index (χ2n) is 1.79. The second-order valence-corrected chi connectivity index (χ2v) is 1.79. The van der Waals surface area contributed by atoms with Gasteiger partial charge in [-0.25, -0.2) is 0 Å². The average Bonchev–Trinajstić information content (AvgIpc) is 2.08. The normalized spacial score (nSPS) is 10.9. The first-order chi connectivity index (χ1) is 5.27. The van der Waals surface area contributed by atoms with Crippen LogP contribution in [0.1, 0.15) is 25.6 Å². The first-order valence-electron chi connectivity index (χ1n) is 4.49. The third-order valence-electron chi connectivity index (χ3n) is 0.636. The van der Waals surface area contributed by atoms with E-state index in [0.29, 0.717) is 12.8 Å². The van der Waals surface area contributed by atoms with Gasteiger partial charge in [0, 0.05) is 17.5 Å². The molecule has 0 aliphatic carbocycles. The minimum Gasteiger partial charge on any atom is -0.370 e. The Morgan fingerprint density at radius 1 is 2.00 bits per heavy atom. The summed E-state index contributed by atoms with van der Waals surface area (Å²) in [5, 5.41) is 3.07. The van der Waals surface area contributed by atoms with E-state index in [1.165, 1.54) is 7.40 Å². The molecule has 8 heavy (non-hydrogen) atoms. The summed E-state index contributed by atoms with van der Waals surface area (Å²) in [6, 6.07) is 0.528. The molecule has 0 fully saturated rings. The highest BCUT2D eigenvalue weighted by Gasteiger charge is 1.85. The van der Waals surface area contributed by atoms with Gasteiger partial charge in [0.05, 0.1) is 6.73 Å². The summed E-state index contributed by atoms with van der Waals surface area (Å²) >= 11 is 0. The van der Waals surface area contributed by atoms with Crippen LogP contribution in [0.3, 0.4) is 0 Å². The van der Waals surface area contributed by atoms with Crippen molar-refractivity contribution >= 4 is 0 Å². The van der Waals surface area contributed by atoms with Crippen molar-refractivity contribution in [1.82, 2.24) is 5.32 Å². The number of ether oxygens (including phenoxy) is 1. The zero-order valence-electron chi connectivity index (χ0n) is 9.19. The third kappa shape index (κ3) is 9.33. The molecule has 0 saturated carbocycles. The number of hydrogen-bond acceptors (Lipinski definition) is 2. The molecule has 0 heterocycles. The molecule has 0 atom stereocenters. The van der Waals surface area contributed by atoms with Crippen LogP contribution in [0.5, 0.6) is 0 Å². The molecule has 0 aromatic heterocycles. The summed E-state index contributed by atoms with van der Waals surface area (Å²) in [5.41, 5.74) is 0. The van der Waals surface area contributed by atoms with E-state index in [1.807, 2.05) is 0 Å². The van der Waals surface area contributed by atoms with Gasteiger partial charge in [-0.2, -0.15) is 0 Å². The lowest BCUT2D eigenvalue weighted by atomic mass is 10.4. The van der Waals surface area contributed by atoms with Crippen LogP contribution < -0.4 is 5.32 Å². The summed E-state index contributed by atoms with van der Waals surface area (Å²) in [6.45, 7) is 4.82. The monoisotopic (exact) mass is 127 g/mol. The van der Waals surface area contributed by atoms with Gasteiger partial charge >= 0.3 is 0 Å². The molecule has 54 valence electrons. The molecule has 0 radical (unpaired) electrons. The van der Waals surface area contributed by atoms with Crippen LogP contribution in [-0.4, -0.2) is 19.9 Å². The number of rotatable bonds is 3. The van der Waals surface area contributed by atoms with Crippen LogP contribution >= 0.6 is 0 Å². The largest absolute Gasteiger partial charge is 0.370 e. The van der Waals surface area contributed by atoms with Crippen molar-refractivity contribution < 1.29 is 9.08 Å². The lowest BCUT2D eigenvalue weighted by molar-refractivity contribution is 0.168. The molecule has 0 bridgehead atoms. The quantitative estimate of drug-likeness (QED) is 0.580. The molecular weight excluding hydrogens is 102 g/mol. The Kier molecular flexibility index (Phi) is 5.23. The van der Waals surface area contributed by atoms with Gasteiger partial charge in [0.25, 0.3) is 0 Å². The fraction of sp³-hybridized carbons (Fsp3) is 1.00. The maximum Gasteiger partial charge on any atom is 0.0963 e. The molecule has 0 aliphatic heterocycles. The van der Waals surface area contributed by atoms with E-state index < -0.39 is 0 Å². The van der Waals surface area contributed by atoms with Gasteiger partial charge in [-0.15, -0.1) is 0 Å². The Balaban J connectivity index is -0.000000138. The number of methoxy groups -OCH3 is 1. The summed E-state index contributed by atoms with van der Waals surface area (Å²) < 4.78 is 20.5. The van der Waals surface area contributed by atoms with Crippen molar-refractivity contribution in [2.24, 2.45) is 0 Å². The van der Waals surface area contributed by atoms with Gasteiger partial charge in [0.15, 0.2) is 0 Å². The summed E-state index contributed by atoms with van der Waals surface area (Å²) in [5.74, 6) is 0. The van der Waals surface area contributed by atoms with Crippen LogP contribution in [0.15, 0.2) is 0 Å². The fourth-order valence-electron chi connectivity index (χ4n) is 0.250. The van der Waals surface area contributed by atoms with Gasteiger partial charge < -0.3 is 4.74 Å². The fourth-order valence-corrected chi connectivity index (χ4v) is 0.250. The van der Waals surface area contributed by atoms with Crippen LogP contribution in [0.25, 0.3) is 0 Å². The van der Waals surface area contributed by atoms with E-state index in [-0.39, 0.29) is 0 Å². The molecule has 0 unspecified atom stereocenters. The van der Waals surface area contributed by atoms with Gasteiger partial charge in [0.2, 0.25) is 0 Å². The number of nitrogens with one attached hydrogen (secondary N) is 1. The molecule has 0 saturated heterocycles. The van der Waals surface area contributed by atoms with Gasteiger partial charge in [0.1, 0.15) is 0 Å². The number of hydrogen-bond donors (Lipinski definition) is 1. The van der Waals surface area contributed by atoms with Crippen molar-refractivity contribution in [1.29, 1.82) is 0 Å². The predicted octanol–water partition coefficient (Wildman–Crippen LogP) is 1.47. The molecule has 0 spiro atoms. The summed E-state index contributed by atoms with van der Waals surface area (Å²) in [7, 11) is 2.93. The molecule has 0 rings (SSSR count). The molecule has 1 N–H and O–H groups in total. The highest BCUT2D eigenvalue weighted by atomic mass is 16.5. The predicted molar refractivity (Wildman–Crippen MR) is 39.0 cm³/mol. The second kappa shape index (κ2) is 6.92. The van der Waals surface area contributed by atoms with Crippen LogP contribution in [0, 0.1) is 0 Å². The topological polar surface area (TPSA) is 21.3 Å². The maximum absolute atomic E-state index is 5.75. The Morgan fingerprint density at radius 2 is 2.50 bits per heavy atom. The minimum absolute atomic E-state index is 0.528. The van der Waals surface area contributed by atoms with Crippen LogP contribution in [0.2, 0.25) is 0 Å². The standard InChI is InChI=1S/C5H13NO.CH4.H2/c1-5(2)6-4-7-3;;/h5-6H,4H2,1-3H3;1H4;1H/i;1T;1+2T. The van der Waals surface area contributed by atoms with E-state index in [4.69, 9.17) is 9.08 Å². The maximum atomic E-state index is 5.75. The van der Waals surface area contributed by atoms with E-state index in [2.05, 4.69) is 19.2 Å². The van der Waals surface area contributed by atoms with Crippen LogP contribution in [0.4, 0.5) is 0 Å². The van der Waals surface area contributed by atoms with Gasteiger partial charge in [-0.3, -0.25) is 5.32 Å². The highest BCUT2D eigenvalue weighted by molar-refractivity contribution is 4.44. The van der Waals surface area contributed by atoms with Crippen molar-refractivity contribution in [3.8, 4) is 0 Å². The first-order valence-corrected chi connectivity index (χ1v) is 2.49. The van der Waals surface area contributed by atoms with Crippen molar-refractivity contribution in [3.05, 3.63) is 0 Å². The van der Waals surface area contributed by atoms with Gasteiger partial charge in [-0.05, 0) is 13.8 Å². The van der Waals surface area contributed by atoms with E-state index >= 15 is 0 Å². The first kappa shape index (κ1) is 6.05. The Labute approximate surface area is 56.7 Å². The van der Waals surface area contributed by atoms with Gasteiger partial charge in [-0.1, -0.05) is 7.40 Å². The van der Waals surface area contributed by atoms with E-state index in [1.54, 1.807) is 7.11 Å². The zero-order valence-corrected chi connectivity index (χ0v) is 6.19. The smallest absolute Gasteiger partial charge is 0.0963 e. The van der Waals surface area contributed by atoms with Crippen molar-refractivity contribution in [2.75, 3.05) is 13.8 Å². The van der Waals surface area contributed by atoms with E-state index in [9.17, 15) is 0 Å². The molecule has 0 aromatic carbocycles. The highest BCUT2D eigenvalue weighted by Crippen LogP contribution is 1.72. The van der Waals surface area contributed by atoms with Crippen molar-refractivity contribution in [3.63, 3.8) is 0 Å². The lowest BCUT2D eigenvalue weighted by Crippen LogP contribution is -2.24. The lowest BCUT2D eigenvalue weighted by Gasteiger charge is -2.04. The average molecular weight is 127 g/mol. The van der Waals surface area contributed by atoms with E-state index in [0.717, 1.165) is 0 Å². The summed E-state index contributed by atoms with van der Waals surface area (Å²) in [4.78, 5) is 0.